The maximum Gasteiger partial charge on any atom is 0.314 e. The largest absolute Gasteiger partial charge is 0.415 e. The summed E-state index contributed by atoms with van der Waals surface area (Å²) in [6.45, 7) is 4.16. The van der Waals surface area contributed by atoms with Crippen LogP contribution in [-0.2, 0) is 16.6 Å². The first-order valence-corrected chi connectivity index (χ1v) is 12.6. The molecule has 11 heteroatoms. The Morgan fingerprint density at radius 2 is 1.68 bits per heavy atom. The van der Waals surface area contributed by atoms with Gasteiger partial charge >= 0.3 is 6.43 Å². The Balaban J connectivity index is 1.50. The Morgan fingerprint density at radius 3 is 2.29 bits per heavy atom. The summed E-state index contributed by atoms with van der Waals surface area (Å²) >= 11 is 0. The molecule has 1 aliphatic heterocycles. The number of rotatable bonds is 9. The topological polar surface area (TPSA) is 82.8 Å². The van der Waals surface area contributed by atoms with Crippen molar-refractivity contribution in [2.24, 2.45) is 0 Å². The lowest BCUT2D eigenvalue weighted by atomic mass is 10.1. The van der Waals surface area contributed by atoms with Gasteiger partial charge in [-0.25, -0.2) is 8.42 Å². The minimum absolute atomic E-state index is 0.0124. The van der Waals surface area contributed by atoms with Crippen molar-refractivity contribution in [2.75, 3.05) is 49.8 Å². The van der Waals surface area contributed by atoms with Gasteiger partial charge in [0.2, 0.25) is 15.9 Å². The molecule has 182 valence electrons. The number of nitrogens with zero attached hydrogens (tertiary/aromatic N) is 5. The molecular weight excluding hydrogens is 464 g/mol. The molecule has 2 aromatic carbocycles. The van der Waals surface area contributed by atoms with Crippen LogP contribution in [0.15, 0.2) is 59.0 Å². The Kier molecular flexibility index (Phi) is 7.54. The summed E-state index contributed by atoms with van der Waals surface area (Å²) in [6.07, 6.45) is -2.84. The third-order valence-corrected chi connectivity index (χ3v) is 7.51. The van der Waals surface area contributed by atoms with Crippen molar-refractivity contribution in [3.8, 4) is 11.5 Å². The molecule has 34 heavy (non-hydrogen) atoms. The molecule has 0 N–H and O–H groups in total. The van der Waals surface area contributed by atoms with E-state index in [1.54, 1.807) is 48.5 Å². The van der Waals surface area contributed by atoms with Crippen LogP contribution in [0.25, 0.3) is 11.5 Å². The third-order valence-electron chi connectivity index (χ3n) is 5.80. The van der Waals surface area contributed by atoms with Crippen molar-refractivity contribution >= 4 is 15.7 Å². The summed E-state index contributed by atoms with van der Waals surface area (Å²) in [4.78, 5) is 4.40. The molecule has 1 aliphatic rings. The molecule has 4 rings (SSSR count). The highest BCUT2D eigenvalue weighted by atomic mass is 32.2. The fourth-order valence-corrected chi connectivity index (χ4v) is 5.23. The summed E-state index contributed by atoms with van der Waals surface area (Å²) in [6, 6.07) is 15.7. The minimum atomic E-state index is -3.60. The van der Waals surface area contributed by atoms with E-state index >= 15 is 0 Å². The van der Waals surface area contributed by atoms with Gasteiger partial charge in [-0.3, -0.25) is 9.21 Å². The van der Waals surface area contributed by atoms with Crippen LogP contribution >= 0.6 is 0 Å². The standard InChI is InChI=1S/C23H27F2N5O3S/c1-28-11-13-29(14-12-28)15-16-34(31,32)30(20-5-3-2-4-6-20)17-18-7-9-19(10-8-18)22-26-27-23(33-22)21(24)25/h2-10,21H,11-17H2,1H3. The maximum absolute atomic E-state index is 13.4. The molecule has 2 heterocycles. The molecule has 3 aromatic rings. The summed E-state index contributed by atoms with van der Waals surface area (Å²) in [5, 5.41) is 6.99. The SMILES string of the molecule is CN1CCN(CCS(=O)(=O)N(Cc2ccc(-c3nnc(C(F)F)o3)cc2)c2ccccc2)CC1. The first kappa shape index (κ1) is 24.2. The second-order valence-electron chi connectivity index (χ2n) is 8.25. The Labute approximate surface area is 197 Å². The lowest BCUT2D eigenvalue weighted by Gasteiger charge is -2.33. The quantitative estimate of drug-likeness (QED) is 0.454. The number of halogens is 2. The summed E-state index contributed by atoms with van der Waals surface area (Å²) in [5.41, 5.74) is 1.81. The van der Waals surface area contributed by atoms with Crippen LogP contribution < -0.4 is 4.31 Å². The van der Waals surface area contributed by atoms with E-state index in [2.05, 4.69) is 27.0 Å². The maximum atomic E-state index is 13.4. The number of likely N-dealkylation sites (N-methyl/N-ethyl adjacent to an activating group) is 1. The van der Waals surface area contributed by atoms with E-state index in [0.717, 1.165) is 31.7 Å². The highest BCUT2D eigenvalue weighted by Crippen LogP contribution is 2.25. The molecule has 0 amide bonds. The monoisotopic (exact) mass is 491 g/mol. The Morgan fingerprint density at radius 1 is 1.00 bits per heavy atom. The molecule has 1 saturated heterocycles. The van der Waals surface area contributed by atoms with Crippen molar-refractivity contribution in [2.45, 2.75) is 13.0 Å². The Bertz CT molecular complexity index is 1160. The van der Waals surface area contributed by atoms with Crippen molar-refractivity contribution in [1.82, 2.24) is 20.0 Å². The number of hydrogen-bond acceptors (Lipinski definition) is 7. The smallest absolute Gasteiger partial charge is 0.314 e. The van der Waals surface area contributed by atoms with E-state index in [1.807, 2.05) is 6.07 Å². The second kappa shape index (κ2) is 10.6. The zero-order valence-electron chi connectivity index (χ0n) is 18.8. The third kappa shape index (κ3) is 5.96. The highest BCUT2D eigenvalue weighted by Gasteiger charge is 2.25. The van der Waals surface area contributed by atoms with Crippen molar-refractivity contribution in [1.29, 1.82) is 0 Å². The van der Waals surface area contributed by atoms with Gasteiger partial charge in [-0.05, 0) is 36.9 Å². The number of hydrogen-bond donors (Lipinski definition) is 0. The number of sulfonamides is 1. The van der Waals surface area contributed by atoms with Gasteiger partial charge in [-0.1, -0.05) is 30.3 Å². The average Bonchev–Trinajstić information content (AvgIpc) is 3.34. The number of piperazine rings is 1. The number of alkyl halides is 2. The molecule has 0 bridgehead atoms. The van der Waals surface area contributed by atoms with Crippen LogP contribution in [0, 0.1) is 0 Å². The van der Waals surface area contributed by atoms with Crippen molar-refractivity contribution in [3.05, 3.63) is 66.1 Å². The van der Waals surface area contributed by atoms with Crippen LogP contribution in [0.1, 0.15) is 17.9 Å². The van der Waals surface area contributed by atoms with Crippen LogP contribution in [-0.4, -0.2) is 73.9 Å². The van der Waals surface area contributed by atoms with Gasteiger partial charge in [0.25, 0.3) is 5.89 Å². The van der Waals surface area contributed by atoms with E-state index < -0.39 is 22.3 Å². The first-order valence-electron chi connectivity index (χ1n) is 11.0. The van der Waals surface area contributed by atoms with E-state index in [-0.39, 0.29) is 18.2 Å². The van der Waals surface area contributed by atoms with Crippen molar-refractivity contribution in [3.63, 3.8) is 0 Å². The second-order valence-corrected chi connectivity index (χ2v) is 10.3. The van der Waals surface area contributed by atoms with E-state index in [0.29, 0.717) is 17.8 Å². The predicted octanol–water partition coefficient (Wildman–Crippen LogP) is 3.26. The normalized spacial score (nSPS) is 15.6. The van der Waals surface area contributed by atoms with Gasteiger partial charge in [0.05, 0.1) is 18.0 Å². The lowest BCUT2D eigenvalue weighted by molar-refractivity contribution is 0.116. The first-order chi connectivity index (χ1) is 16.3. The van der Waals surface area contributed by atoms with E-state index in [4.69, 9.17) is 4.42 Å². The van der Waals surface area contributed by atoms with Gasteiger partial charge in [0, 0.05) is 38.3 Å². The van der Waals surface area contributed by atoms with Crippen molar-refractivity contribution < 1.29 is 21.6 Å². The van der Waals surface area contributed by atoms with Gasteiger partial charge in [0.1, 0.15) is 0 Å². The molecule has 1 fully saturated rings. The minimum Gasteiger partial charge on any atom is -0.415 e. The van der Waals surface area contributed by atoms with E-state index in [1.165, 1.54) is 4.31 Å². The summed E-state index contributed by atoms with van der Waals surface area (Å²) in [7, 11) is -1.54. The fourth-order valence-electron chi connectivity index (χ4n) is 3.73. The molecule has 0 unspecified atom stereocenters. The highest BCUT2D eigenvalue weighted by molar-refractivity contribution is 7.92. The molecule has 1 aromatic heterocycles. The molecule has 0 saturated carbocycles. The molecule has 0 radical (unpaired) electrons. The zero-order chi connectivity index (χ0) is 24.1. The number of benzene rings is 2. The molecular formula is C23H27F2N5O3S. The van der Waals surface area contributed by atoms with Crippen LogP contribution in [0.2, 0.25) is 0 Å². The molecule has 0 spiro atoms. The zero-order valence-corrected chi connectivity index (χ0v) is 19.7. The fraction of sp³-hybridized carbons (Fsp3) is 0.391. The number of para-hydroxylation sites is 1. The Hall–Kier alpha value is -2.89. The number of aromatic nitrogens is 2. The van der Waals surface area contributed by atoms with Crippen LogP contribution in [0.4, 0.5) is 14.5 Å². The number of anilines is 1. The van der Waals surface area contributed by atoms with E-state index in [9.17, 15) is 17.2 Å². The lowest BCUT2D eigenvalue weighted by Crippen LogP contribution is -2.47. The van der Waals surface area contributed by atoms with Gasteiger partial charge < -0.3 is 9.32 Å². The van der Waals surface area contributed by atoms with Gasteiger partial charge in [0.15, 0.2) is 0 Å². The van der Waals surface area contributed by atoms with Crippen LogP contribution in [0.3, 0.4) is 0 Å². The molecule has 8 nitrogen and oxygen atoms in total. The molecule has 0 aliphatic carbocycles. The molecule has 0 atom stereocenters. The predicted molar refractivity (Wildman–Crippen MR) is 125 cm³/mol. The average molecular weight is 492 g/mol. The van der Waals surface area contributed by atoms with Gasteiger partial charge in [-0.2, -0.15) is 8.78 Å². The summed E-state index contributed by atoms with van der Waals surface area (Å²) in [5.74, 6) is -0.732. The van der Waals surface area contributed by atoms with Crippen LogP contribution in [0.5, 0.6) is 0 Å². The summed E-state index contributed by atoms with van der Waals surface area (Å²) < 4.78 is 58.6. The van der Waals surface area contributed by atoms with Gasteiger partial charge in [-0.15, -0.1) is 10.2 Å².